The maximum atomic E-state index is 11.6. The predicted molar refractivity (Wildman–Crippen MR) is 52.2 cm³/mol. The number of aromatic nitrogens is 2. The van der Waals surface area contributed by atoms with Crippen molar-refractivity contribution in [3.8, 4) is 0 Å². The number of hydrogen-bond donors (Lipinski definition) is 3. The monoisotopic (exact) mass is 194 g/mol. The summed E-state index contributed by atoms with van der Waals surface area (Å²) in [7, 11) is 0. The Kier molecular flexibility index (Phi) is 1.94. The maximum absolute atomic E-state index is 11.6. The van der Waals surface area contributed by atoms with Gasteiger partial charge < -0.3 is 11.1 Å². The van der Waals surface area contributed by atoms with E-state index in [1.54, 1.807) is 6.20 Å². The Morgan fingerprint density at radius 1 is 1.79 bits per heavy atom. The lowest BCUT2D eigenvalue weighted by Crippen LogP contribution is -2.29. The summed E-state index contributed by atoms with van der Waals surface area (Å²) < 4.78 is 0. The number of amides is 1. The highest BCUT2D eigenvalue weighted by atomic mass is 16.2. The van der Waals surface area contributed by atoms with Gasteiger partial charge in [-0.1, -0.05) is 6.92 Å². The molecule has 0 aromatic carbocycles. The van der Waals surface area contributed by atoms with Crippen molar-refractivity contribution in [2.75, 3.05) is 5.73 Å². The molecule has 0 bridgehead atoms. The molecule has 1 aromatic heterocycles. The molecule has 14 heavy (non-hydrogen) atoms. The fourth-order valence-electron chi connectivity index (χ4n) is 1.27. The molecule has 0 saturated heterocycles. The number of hydrogen-bond acceptors (Lipinski definition) is 3. The highest BCUT2D eigenvalue weighted by Crippen LogP contribution is 2.45. The fraction of sp³-hybridized carbons (Fsp3) is 0.556. The molecular weight excluding hydrogens is 180 g/mol. The van der Waals surface area contributed by atoms with E-state index in [2.05, 4.69) is 15.5 Å². The third-order valence-electron chi connectivity index (χ3n) is 2.74. The van der Waals surface area contributed by atoms with Crippen LogP contribution >= 0.6 is 0 Å². The van der Waals surface area contributed by atoms with E-state index >= 15 is 0 Å². The molecule has 2 rings (SSSR count). The lowest BCUT2D eigenvalue weighted by molar-refractivity contribution is -0.125. The third kappa shape index (κ3) is 1.57. The van der Waals surface area contributed by atoms with E-state index in [1.807, 2.05) is 6.92 Å². The Morgan fingerprint density at radius 3 is 3.00 bits per heavy atom. The van der Waals surface area contributed by atoms with Crippen molar-refractivity contribution in [1.82, 2.24) is 15.5 Å². The lowest BCUT2D eigenvalue weighted by Gasteiger charge is -2.08. The molecule has 1 heterocycles. The van der Waals surface area contributed by atoms with Crippen LogP contribution in [0.4, 0.5) is 5.82 Å². The number of carbonyl (C=O) groups is 1. The number of rotatable bonds is 3. The molecule has 76 valence electrons. The summed E-state index contributed by atoms with van der Waals surface area (Å²) in [6.45, 7) is 2.43. The van der Waals surface area contributed by atoms with Crippen molar-refractivity contribution in [3.63, 3.8) is 0 Å². The van der Waals surface area contributed by atoms with Gasteiger partial charge in [0.25, 0.3) is 0 Å². The number of H-pyrrole nitrogens is 1. The van der Waals surface area contributed by atoms with Gasteiger partial charge in [-0.05, 0) is 12.8 Å². The second-order valence-electron chi connectivity index (χ2n) is 4.05. The minimum atomic E-state index is -0.126. The van der Waals surface area contributed by atoms with Crippen molar-refractivity contribution in [2.24, 2.45) is 5.41 Å². The van der Waals surface area contributed by atoms with Crippen molar-refractivity contribution in [3.05, 3.63) is 11.8 Å². The smallest absolute Gasteiger partial charge is 0.226 e. The molecule has 1 fully saturated rings. The van der Waals surface area contributed by atoms with Crippen LogP contribution in [0, 0.1) is 5.41 Å². The molecule has 0 spiro atoms. The maximum Gasteiger partial charge on any atom is 0.226 e. The van der Waals surface area contributed by atoms with Crippen LogP contribution in [0.2, 0.25) is 0 Å². The minimum Gasteiger partial charge on any atom is -0.384 e. The van der Waals surface area contributed by atoms with E-state index < -0.39 is 0 Å². The van der Waals surface area contributed by atoms with Gasteiger partial charge >= 0.3 is 0 Å². The van der Waals surface area contributed by atoms with Crippen LogP contribution in [0.5, 0.6) is 0 Å². The normalized spacial score (nSPS) is 17.8. The Balaban J connectivity index is 1.89. The van der Waals surface area contributed by atoms with Crippen LogP contribution < -0.4 is 11.1 Å². The zero-order chi connectivity index (χ0) is 10.2. The molecule has 1 aliphatic carbocycles. The zero-order valence-electron chi connectivity index (χ0n) is 8.13. The Hall–Kier alpha value is -1.52. The number of anilines is 1. The second-order valence-corrected chi connectivity index (χ2v) is 4.05. The van der Waals surface area contributed by atoms with Gasteiger partial charge in [-0.25, -0.2) is 0 Å². The molecule has 1 aliphatic rings. The van der Waals surface area contributed by atoms with E-state index in [4.69, 9.17) is 5.73 Å². The van der Waals surface area contributed by atoms with Gasteiger partial charge in [0, 0.05) is 17.5 Å². The van der Waals surface area contributed by atoms with Gasteiger partial charge in [-0.2, -0.15) is 5.10 Å². The summed E-state index contributed by atoms with van der Waals surface area (Å²) >= 11 is 0. The van der Waals surface area contributed by atoms with Gasteiger partial charge in [0.2, 0.25) is 5.91 Å². The standard InChI is InChI=1S/C9H14N4O/c1-9(2-3-9)8(14)11-4-6-5-12-13-7(6)10/h5H,2-4H2,1H3,(H,11,14)(H3,10,12,13). The molecule has 1 amide bonds. The van der Waals surface area contributed by atoms with Crippen molar-refractivity contribution >= 4 is 11.7 Å². The molecule has 5 heteroatoms. The summed E-state index contributed by atoms with van der Waals surface area (Å²) in [5.41, 5.74) is 6.29. The molecule has 0 atom stereocenters. The van der Waals surface area contributed by atoms with Crippen molar-refractivity contribution in [1.29, 1.82) is 0 Å². The van der Waals surface area contributed by atoms with E-state index in [0.717, 1.165) is 18.4 Å². The van der Waals surface area contributed by atoms with Gasteiger partial charge in [0.1, 0.15) is 5.82 Å². The Morgan fingerprint density at radius 2 is 2.50 bits per heavy atom. The first-order valence-corrected chi connectivity index (χ1v) is 4.68. The van der Waals surface area contributed by atoms with E-state index in [0.29, 0.717) is 12.4 Å². The summed E-state index contributed by atoms with van der Waals surface area (Å²) in [6.07, 6.45) is 3.60. The first kappa shape index (κ1) is 9.05. The van der Waals surface area contributed by atoms with Crippen LogP contribution in [0.25, 0.3) is 0 Å². The minimum absolute atomic E-state index is 0.109. The third-order valence-corrected chi connectivity index (χ3v) is 2.74. The van der Waals surface area contributed by atoms with Gasteiger partial charge in [0.15, 0.2) is 0 Å². The van der Waals surface area contributed by atoms with Crippen LogP contribution in [-0.4, -0.2) is 16.1 Å². The lowest BCUT2D eigenvalue weighted by atomic mass is 10.1. The van der Waals surface area contributed by atoms with Crippen molar-refractivity contribution in [2.45, 2.75) is 26.3 Å². The van der Waals surface area contributed by atoms with Gasteiger partial charge in [-0.3, -0.25) is 9.89 Å². The van der Waals surface area contributed by atoms with E-state index in [9.17, 15) is 4.79 Å². The van der Waals surface area contributed by atoms with Crippen LogP contribution in [0.3, 0.4) is 0 Å². The van der Waals surface area contributed by atoms with Crippen LogP contribution in [0.15, 0.2) is 6.20 Å². The summed E-state index contributed by atoms with van der Waals surface area (Å²) in [5.74, 6) is 0.629. The number of carbonyl (C=O) groups excluding carboxylic acids is 1. The molecule has 5 nitrogen and oxygen atoms in total. The summed E-state index contributed by atoms with van der Waals surface area (Å²) in [5, 5.41) is 9.25. The van der Waals surface area contributed by atoms with Crippen molar-refractivity contribution < 1.29 is 4.79 Å². The average Bonchev–Trinajstić information content (AvgIpc) is 2.77. The van der Waals surface area contributed by atoms with E-state index in [1.165, 1.54) is 0 Å². The second kappa shape index (κ2) is 3.01. The molecular formula is C9H14N4O. The first-order valence-electron chi connectivity index (χ1n) is 4.68. The highest BCUT2D eigenvalue weighted by Gasteiger charge is 2.44. The SMILES string of the molecule is CC1(C(=O)NCc2cn[nH]c2N)CC1. The number of nitrogens with two attached hydrogens (primary N) is 1. The zero-order valence-corrected chi connectivity index (χ0v) is 8.13. The summed E-state index contributed by atoms with van der Waals surface area (Å²) in [4.78, 5) is 11.6. The number of nitrogens with zero attached hydrogens (tertiary/aromatic N) is 1. The molecule has 1 saturated carbocycles. The quantitative estimate of drug-likeness (QED) is 0.651. The number of aromatic amines is 1. The molecule has 4 N–H and O–H groups in total. The largest absolute Gasteiger partial charge is 0.384 e. The first-order chi connectivity index (χ1) is 6.62. The molecule has 0 unspecified atom stereocenters. The van der Waals surface area contributed by atoms with Crippen LogP contribution in [-0.2, 0) is 11.3 Å². The summed E-state index contributed by atoms with van der Waals surface area (Å²) in [6, 6.07) is 0. The Bertz CT molecular complexity index is 353. The van der Waals surface area contributed by atoms with Gasteiger partial charge in [0.05, 0.1) is 6.20 Å². The van der Waals surface area contributed by atoms with Gasteiger partial charge in [-0.15, -0.1) is 0 Å². The fourth-order valence-corrected chi connectivity index (χ4v) is 1.27. The molecule has 0 radical (unpaired) electrons. The average molecular weight is 194 g/mol. The predicted octanol–water partition coefficient (Wildman–Crippen LogP) is 0.408. The molecule has 0 aliphatic heterocycles. The number of nitrogens with one attached hydrogen (secondary N) is 2. The van der Waals surface area contributed by atoms with E-state index in [-0.39, 0.29) is 11.3 Å². The highest BCUT2D eigenvalue weighted by molar-refractivity contribution is 5.84. The molecule has 1 aromatic rings. The van der Waals surface area contributed by atoms with Crippen LogP contribution in [0.1, 0.15) is 25.3 Å². The number of nitrogen functional groups attached to an aromatic ring is 1. The topological polar surface area (TPSA) is 83.8 Å². The Labute approximate surface area is 82.1 Å².